The lowest BCUT2D eigenvalue weighted by atomic mass is 10.3. The lowest BCUT2D eigenvalue weighted by Crippen LogP contribution is -2.13. The van der Waals surface area contributed by atoms with Crippen molar-refractivity contribution in [2.75, 3.05) is 7.11 Å². The monoisotopic (exact) mass is 409 g/mol. The zero-order valence-electron chi connectivity index (χ0n) is 15.7. The zero-order chi connectivity index (χ0) is 19.5. The predicted molar refractivity (Wildman–Crippen MR) is 115 cm³/mol. The van der Waals surface area contributed by atoms with Crippen LogP contribution in [0.5, 0.6) is 5.75 Å². The number of methoxy groups -OCH3 is 1. The van der Waals surface area contributed by atoms with E-state index in [0.29, 0.717) is 0 Å². The Labute approximate surface area is 170 Å². The maximum absolute atomic E-state index is 5.73. The maximum Gasteiger partial charge on any atom is 0.211 e. The van der Waals surface area contributed by atoms with Gasteiger partial charge in [0.1, 0.15) is 23.0 Å². The van der Waals surface area contributed by atoms with Crippen molar-refractivity contribution in [1.82, 2.24) is 4.68 Å². The van der Waals surface area contributed by atoms with E-state index in [1.165, 1.54) is 0 Å². The van der Waals surface area contributed by atoms with Gasteiger partial charge in [-0.05, 0) is 49.6 Å². The summed E-state index contributed by atoms with van der Waals surface area (Å²) in [5.74, 6) is 2.38. The summed E-state index contributed by atoms with van der Waals surface area (Å²) >= 11 is 3.22. The second-order valence-corrected chi connectivity index (χ2v) is 7.89. The van der Waals surface area contributed by atoms with Crippen LogP contribution >= 0.6 is 22.7 Å². The molecule has 3 heterocycles. The van der Waals surface area contributed by atoms with Gasteiger partial charge < -0.3 is 9.15 Å². The fourth-order valence-corrected chi connectivity index (χ4v) is 4.33. The van der Waals surface area contributed by atoms with Crippen molar-refractivity contribution in [3.8, 4) is 16.3 Å². The molecule has 5 nitrogen and oxygen atoms in total. The number of aryl methyl sites for hydroxylation is 1. The summed E-state index contributed by atoms with van der Waals surface area (Å²) in [5, 5.41) is 8.97. The summed E-state index contributed by atoms with van der Waals surface area (Å²) in [6.07, 6.45) is 0. The normalized spacial score (nSPS) is 12.5. The smallest absolute Gasteiger partial charge is 0.211 e. The highest BCUT2D eigenvalue weighted by Crippen LogP contribution is 2.26. The van der Waals surface area contributed by atoms with Crippen molar-refractivity contribution in [3.05, 3.63) is 75.6 Å². The molecule has 0 aliphatic rings. The van der Waals surface area contributed by atoms with Crippen molar-refractivity contribution in [2.45, 2.75) is 13.8 Å². The van der Waals surface area contributed by atoms with Gasteiger partial charge in [0.25, 0.3) is 0 Å². The number of aromatic nitrogens is 1. The van der Waals surface area contributed by atoms with Gasteiger partial charge in [0.2, 0.25) is 4.80 Å². The first-order chi connectivity index (χ1) is 13.6. The Hall–Kier alpha value is -2.90. The van der Waals surface area contributed by atoms with Gasteiger partial charge in [-0.15, -0.1) is 22.7 Å². The van der Waals surface area contributed by atoms with E-state index in [0.717, 1.165) is 44.0 Å². The molecule has 7 heteroatoms. The highest BCUT2D eigenvalue weighted by atomic mass is 32.1. The zero-order valence-corrected chi connectivity index (χ0v) is 17.4. The minimum atomic E-state index is 0.751. The number of thiazole rings is 1. The number of nitrogens with zero attached hydrogens (tertiary/aromatic N) is 3. The lowest BCUT2D eigenvalue weighted by Gasteiger charge is -2.04. The molecule has 0 bridgehead atoms. The SMILES string of the molecule is COc1cccc(N=c2scc(-c3cccs3)n2N=C(C)c2ccc(C)o2)c1. The molecule has 0 saturated heterocycles. The molecule has 3 aromatic heterocycles. The Balaban J connectivity index is 1.86. The topological polar surface area (TPSA) is 52.0 Å². The molecule has 0 fully saturated rings. The Morgan fingerprint density at radius 1 is 1.11 bits per heavy atom. The highest BCUT2D eigenvalue weighted by molar-refractivity contribution is 7.14. The van der Waals surface area contributed by atoms with E-state index < -0.39 is 0 Å². The number of benzene rings is 1. The Kier molecular flexibility index (Phi) is 5.27. The average molecular weight is 410 g/mol. The number of rotatable bonds is 5. The van der Waals surface area contributed by atoms with Crippen LogP contribution in [0.4, 0.5) is 5.69 Å². The molecule has 0 aliphatic carbocycles. The number of thiophene rings is 1. The van der Waals surface area contributed by atoms with E-state index in [1.54, 1.807) is 29.8 Å². The fourth-order valence-electron chi connectivity index (χ4n) is 2.69. The Morgan fingerprint density at radius 3 is 2.71 bits per heavy atom. The minimum absolute atomic E-state index is 0.751. The van der Waals surface area contributed by atoms with Crippen molar-refractivity contribution < 1.29 is 9.15 Å². The number of hydrogen-bond donors (Lipinski definition) is 0. The number of ether oxygens (including phenoxy) is 1. The molecule has 4 rings (SSSR count). The van der Waals surface area contributed by atoms with Crippen LogP contribution in [-0.2, 0) is 0 Å². The van der Waals surface area contributed by atoms with Crippen LogP contribution in [0.3, 0.4) is 0 Å². The molecular formula is C21H19N3O2S2. The molecule has 142 valence electrons. The first kappa shape index (κ1) is 18.5. The van der Waals surface area contributed by atoms with E-state index >= 15 is 0 Å². The molecule has 0 amide bonds. The molecule has 0 radical (unpaired) electrons. The second-order valence-electron chi connectivity index (χ2n) is 6.10. The summed E-state index contributed by atoms with van der Waals surface area (Å²) in [4.78, 5) is 6.71. The van der Waals surface area contributed by atoms with Crippen molar-refractivity contribution >= 4 is 34.1 Å². The quantitative estimate of drug-likeness (QED) is 0.397. The van der Waals surface area contributed by atoms with Gasteiger partial charge in [0.15, 0.2) is 0 Å². The molecule has 0 unspecified atom stereocenters. The van der Waals surface area contributed by atoms with Gasteiger partial charge in [0, 0.05) is 11.4 Å². The summed E-state index contributed by atoms with van der Waals surface area (Å²) in [5.41, 5.74) is 2.61. The van der Waals surface area contributed by atoms with E-state index in [1.807, 2.05) is 61.0 Å². The summed E-state index contributed by atoms with van der Waals surface area (Å²) in [6, 6.07) is 15.7. The van der Waals surface area contributed by atoms with Crippen LogP contribution in [0.1, 0.15) is 18.4 Å². The van der Waals surface area contributed by atoms with Crippen LogP contribution < -0.4 is 9.54 Å². The summed E-state index contributed by atoms with van der Waals surface area (Å²) < 4.78 is 12.9. The van der Waals surface area contributed by atoms with Crippen LogP contribution in [0.25, 0.3) is 10.6 Å². The molecule has 0 atom stereocenters. The van der Waals surface area contributed by atoms with Gasteiger partial charge >= 0.3 is 0 Å². The predicted octanol–water partition coefficient (Wildman–Crippen LogP) is 5.69. The van der Waals surface area contributed by atoms with Crippen molar-refractivity contribution in [2.24, 2.45) is 10.1 Å². The molecule has 4 aromatic rings. The Bertz CT molecular complexity index is 1180. The van der Waals surface area contributed by atoms with Crippen LogP contribution in [-0.4, -0.2) is 17.5 Å². The minimum Gasteiger partial charge on any atom is -0.497 e. The number of hydrogen-bond acceptors (Lipinski definition) is 6. The summed E-state index contributed by atoms with van der Waals surface area (Å²) in [7, 11) is 1.65. The van der Waals surface area contributed by atoms with Crippen LogP contribution in [0.15, 0.2) is 73.8 Å². The molecule has 0 saturated carbocycles. The largest absolute Gasteiger partial charge is 0.497 e. The van der Waals surface area contributed by atoms with Crippen LogP contribution in [0, 0.1) is 6.92 Å². The standard InChI is InChI=1S/C21H19N3O2S2/c1-14-9-10-19(26-14)15(2)23-24-18(20-8-5-11-27-20)13-28-21(24)22-16-6-4-7-17(12-16)25-3/h4-13H,1-3H3. The molecule has 28 heavy (non-hydrogen) atoms. The molecule has 0 aliphatic heterocycles. The van der Waals surface area contributed by atoms with E-state index in [2.05, 4.69) is 16.8 Å². The van der Waals surface area contributed by atoms with Gasteiger partial charge in [-0.2, -0.15) is 5.10 Å². The molecule has 0 N–H and O–H groups in total. The van der Waals surface area contributed by atoms with Crippen molar-refractivity contribution in [3.63, 3.8) is 0 Å². The third kappa shape index (κ3) is 3.85. The third-order valence-corrected chi connectivity index (χ3v) is 5.79. The van der Waals surface area contributed by atoms with Crippen molar-refractivity contribution in [1.29, 1.82) is 0 Å². The first-order valence-electron chi connectivity index (χ1n) is 8.69. The van der Waals surface area contributed by atoms with Gasteiger partial charge in [-0.1, -0.05) is 12.1 Å². The van der Waals surface area contributed by atoms with E-state index in [-0.39, 0.29) is 0 Å². The Morgan fingerprint density at radius 2 is 2.00 bits per heavy atom. The molecular weight excluding hydrogens is 390 g/mol. The van der Waals surface area contributed by atoms with Crippen LogP contribution in [0.2, 0.25) is 0 Å². The average Bonchev–Trinajstić information content (AvgIpc) is 3.44. The number of furan rings is 1. The third-order valence-electron chi connectivity index (χ3n) is 4.08. The van der Waals surface area contributed by atoms with Gasteiger partial charge in [-0.25, -0.2) is 9.67 Å². The molecule has 1 aromatic carbocycles. The van der Waals surface area contributed by atoms with E-state index in [4.69, 9.17) is 19.2 Å². The first-order valence-corrected chi connectivity index (χ1v) is 10.5. The van der Waals surface area contributed by atoms with Gasteiger partial charge in [-0.3, -0.25) is 0 Å². The maximum atomic E-state index is 5.73. The lowest BCUT2D eigenvalue weighted by molar-refractivity contribution is 0.415. The van der Waals surface area contributed by atoms with Gasteiger partial charge in [0.05, 0.1) is 23.4 Å². The second kappa shape index (κ2) is 8.00. The summed E-state index contributed by atoms with van der Waals surface area (Å²) in [6.45, 7) is 3.87. The fraction of sp³-hybridized carbons (Fsp3) is 0.143. The van der Waals surface area contributed by atoms with E-state index in [9.17, 15) is 0 Å². The molecule has 0 spiro atoms. The highest BCUT2D eigenvalue weighted by Gasteiger charge is 2.11.